The first-order chi connectivity index (χ1) is 20.4. The average molecular weight is 562 g/mol. The molecule has 1 aliphatic carbocycles. The van der Waals surface area contributed by atoms with E-state index in [9.17, 15) is 14.7 Å². The van der Waals surface area contributed by atoms with Gasteiger partial charge in [0.1, 0.15) is 6.04 Å². The van der Waals surface area contributed by atoms with Gasteiger partial charge in [0, 0.05) is 35.5 Å². The van der Waals surface area contributed by atoms with Crippen molar-refractivity contribution in [1.29, 1.82) is 0 Å². The summed E-state index contributed by atoms with van der Waals surface area (Å²) in [5, 5.41) is 12.4. The van der Waals surface area contributed by atoms with E-state index in [4.69, 9.17) is 0 Å². The first kappa shape index (κ1) is 29.2. The summed E-state index contributed by atoms with van der Waals surface area (Å²) in [6.07, 6.45) is 11.3. The lowest BCUT2D eigenvalue weighted by molar-refractivity contribution is -0.139. The molecule has 1 amide bonds. The fourth-order valence-corrected chi connectivity index (χ4v) is 5.84. The van der Waals surface area contributed by atoms with E-state index in [-0.39, 0.29) is 6.42 Å². The van der Waals surface area contributed by atoms with Crippen molar-refractivity contribution in [2.45, 2.75) is 70.8 Å². The van der Waals surface area contributed by atoms with E-state index in [1.165, 1.54) is 37.7 Å². The summed E-state index contributed by atoms with van der Waals surface area (Å²) in [4.78, 5) is 33.7. The van der Waals surface area contributed by atoms with Gasteiger partial charge in [-0.15, -0.1) is 0 Å². The van der Waals surface area contributed by atoms with Gasteiger partial charge < -0.3 is 10.4 Å². The molecule has 1 aromatic heterocycles. The number of carbonyl (C=O) groups is 2. The number of carbonyl (C=O) groups excluding carboxylic acids is 1. The number of benzene rings is 3. The highest BCUT2D eigenvalue weighted by Crippen LogP contribution is 2.37. The normalized spacial score (nSPS) is 17.4. The first-order valence-corrected chi connectivity index (χ1v) is 15.1. The number of nitrogens with one attached hydrogen (secondary N) is 1. The number of hydrogen-bond acceptors (Lipinski definition) is 4. The van der Waals surface area contributed by atoms with Crippen molar-refractivity contribution < 1.29 is 14.7 Å². The Morgan fingerprint density at radius 3 is 1.95 bits per heavy atom. The third kappa shape index (κ3) is 7.11. The van der Waals surface area contributed by atoms with Gasteiger partial charge in [0.15, 0.2) is 5.82 Å². The van der Waals surface area contributed by atoms with Crippen molar-refractivity contribution in [2.24, 2.45) is 5.92 Å². The number of nitrogens with zero attached hydrogens (tertiary/aromatic N) is 2. The molecule has 1 saturated carbocycles. The van der Waals surface area contributed by atoms with Crippen LogP contribution < -0.4 is 5.32 Å². The molecule has 3 aromatic carbocycles. The van der Waals surface area contributed by atoms with Crippen LogP contribution in [0.2, 0.25) is 0 Å². The van der Waals surface area contributed by atoms with E-state index < -0.39 is 17.9 Å². The highest BCUT2D eigenvalue weighted by atomic mass is 16.4. The monoisotopic (exact) mass is 561 g/mol. The lowest BCUT2D eigenvalue weighted by Gasteiger charge is -2.28. The lowest BCUT2D eigenvalue weighted by Crippen LogP contribution is -2.42. The molecule has 0 saturated heterocycles. The molecule has 0 aliphatic heterocycles. The van der Waals surface area contributed by atoms with Crippen molar-refractivity contribution in [3.05, 3.63) is 107 Å². The van der Waals surface area contributed by atoms with Gasteiger partial charge in [0.2, 0.25) is 0 Å². The molecular weight excluding hydrogens is 522 g/mol. The lowest BCUT2D eigenvalue weighted by atomic mass is 9.78. The summed E-state index contributed by atoms with van der Waals surface area (Å²) in [5.74, 6) is 0.699. The molecule has 0 bridgehead atoms. The molecule has 1 aliphatic rings. The minimum atomic E-state index is -1.08. The topological polar surface area (TPSA) is 92.2 Å². The van der Waals surface area contributed by atoms with Crippen LogP contribution in [0.3, 0.4) is 0 Å². The van der Waals surface area contributed by atoms with E-state index in [0.717, 1.165) is 40.2 Å². The highest BCUT2D eigenvalue weighted by molar-refractivity contribution is 5.96. The summed E-state index contributed by atoms with van der Waals surface area (Å²) in [6.45, 7) is 4.34. The molecule has 6 heteroatoms. The number of hydrogen-bond donors (Lipinski definition) is 2. The largest absolute Gasteiger partial charge is 0.480 e. The van der Waals surface area contributed by atoms with Crippen molar-refractivity contribution in [2.75, 3.05) is 0 Å². The molecule has 6 nitrogen and oxygen atoms in total. The van der Waals surface area contributed by atoms with Crippen LogP contribution in [0.5, 0.6) is 0 Å². The maximum absolute atomic E-state index is 12.6. The fraction of sp³-hybridized carbons (Fsp3) is 0.333. The number of amides is 1. The van der Waals surface area contributed by atoms with Crippen LogP contribution in [-0.4, -0.2) is 33.0 Å². The maximum Gasteiger partial charge on any atom is 0.326 e. The average Bonchev–Trinajstić information content (AvgIpc) is 3.05. The van der Waals surface area contributed by atoms with Gasteiger partial charge in [0.25, 0.3) is 5.91 Å². The van der Waals surface area contributed by atoms with E-state index >= 15 is 0 Å². The quantitative estimate of drug-likeness (QED) is 0.209. The third-order valence-electron chi connectivity index (χ3n) is 8.67. The van der Waals surface area contributed by atoms with Crippen LogP contribution >= 0.6 is 0 Å². The fourth-order valence-electron chi connectivity index (χ4n) is 5.84. The van der Waals surface area contributed by atoms with Gasteiger partial charge in [-0.1, -0.05) is 80.9 Å². The number of carboxylic acid groups (broad SMARTS) is 1. The Morgan fingerprint density at radius 1 is 0.786 bits per heavy atom. The van der Waals surface area contributed by atoms with Crippen LogP contribution in [0.1, 0.15) is 78.9 Å². The molecule has 1 atom stereocenters. The Hall–Kier alpha value is -4.32. The predicted molar refractivity (Wildman–Crippen MR) is 166 cm³/mol. The van der Waals surface area contributed by atoms with Crippen molar-refractivity contribution in [3.8, 4) is 22.5 Å². The van der Waals surface area contributed by atoms with E-state index in [1.807, 2.05) is 55.7 Å². The van der Waals surface area contributed by atoms with E-state index in [0.29, 0.717) is 17.3 Å². The molecule has 0 unspecified atom stereocenters. The summed E-state index contributed by atoms with van der Waals surface area (Å²) in [7, 11) is 0. The van der Waals surface area contributed by atoms with Gasteiger partial charge in [-0.25, -0.2) is 14.8 Å². The number of aliphatic carboxylic acids is 1. The summed E-state index contributed by atoms with van der Waals surface area (Å²) in [5.41, 5.74) is 6.71. The molecule has 0 spiro atoms. The smallest absolute Gasteiger partial charge is 0.326 e. The second kappa shape index (κ2) is 13.6. The molecule has 5 rings (SSSR count). The van der Waals surface area contributed by atoms with Gasteiger partial charge in [0.05, 0.1) is 0 Å². The SMILES string of the molecule is CCc1ccc(C(=O)N[C@@H](Cc2ccc(-c3ncc(-c4ccc([C@H]5CC[C@H](CC)CC5)cc4)cn3)cc2)C(=O)O)cc1. The van der Waals surface area contributed by atoms with Crippen LogP contribution in [0.25, 0.3) is 22.5 Å². The molecule has 42 heavy (non-hydrogen) atoms. The molecule has 216 valence electrons. The van der Waals surface area contributed by atoms with Crippen molar-refractivity contribution in [3.63, 3.8) is 0 Å². The van der Waals surface area contributed by atoms with Gasteiger partial charge in [-0.3, -0.25) is 4.79 Å². The third-order valence-corrected chi connectivity index (χ3v) is 8.67. The zero-order chi connectivity index (χ0) is 29.5. The molecule has 1 fully saturated rings. The Labute approximate surface area is 248 Å². The number of carboxylic acids is 1. The van der Waals surface area contributed by atoms with E-state index in [2.05, 4.69) is 46.5 Å². The Bertz CT molecular complexity index is 1470. The number of aromatic nitrogens is 2. The predicted octanol–water partition coefficient (Wildman–Crippen LogP) is 7.48. The molecule has 4 aromatic rings. The molecule has 1 heterocycles. The maximum atomic E-state index is 12.6. The van der Waals surface area contributed by atoms with Crippen molar-refractivity contribution >= 4 is 11.9 Å². The van der Waals surface area contributed by atoms with Gasteiger partial charge in [-0.05, 0) is 78.3 Å². The molecule has 0 radical (unpaired) electrons. The van der Waals surface area contributed by atoms with Crippen molar-refractivity contribution in [1.82, 2.24) is 15.3 Å². The summed E-state index contributed by atoms with van der Waals surface area (Å²) in [6, 6.07) is 22.5. The van der Waals surface area contributed by atoms with E-state index in [1.54, 1.807) is 12.1 Å². The Balaban J connectivity index is 1.19. The highest BCUT2D eigenvalue weighted by Gasteiger charge is 2.22. The standard InChI is InChI=1S/C36H39N3O3/c1-3-24-5-11-27(12-6-24)28-17-19-29(20-18-28)32-22-37-34(38-23-32)30-13-9-26(10-14-30)21-33(36(41)42)39-35(40)31-15-7-25(4-2)8-16-31/h7-10,13-20,22-24,27,33H,3-6,11-12,21H2,1-2H3,(H,39,40)(H,41,42)/t24-,27-,33-/m0/s1. The molecule has 2 N–H and O–H groups in total. The van der Waals surface area contributed by atoms with Crippen LogP contribution in [0.15, 0.2) is 85.2 Å². The Morgan fingerprint density at radius 2 is 1.38 bits per heavy atom. The number of aryl methyl sites for hydroxylation is 1. The first-order valence-electron chi connectivity index (χ1n) is 15.1. The van der Waals surface area contributed by atoms with Gasteiger partial charge >= 0.3 is 5.97 Å². The second-order valence-corrected chi connectivity index (χ2v) is 11.4. The zero-order valence-electron chi connectivity index (χ0n) is 24.4. The molecular formula is C36H39N3O3. The Kier molecular flexibility index (Phi) is 9.42. The second-order valence-electron chi connectivity index (χ2n) is 11.4. The number of rotatable bonds is 10. The zero-order valence-corrected chi connectivity index (χ0v) is 24.4. The van der Waals surface area contributed by atoms with Crippen LogP contribution in [0, 0.1) is 5.92 Å². The van der Waals surface area contributed by atoms with Gasteiger partial charge in [-0.2, -0.15) is 0 Å². The van der Waals surface area contributed by atoms with Crippen LogP contribution in [0.4, 0.5) is 0 Å². The summed E-state index contributed by atoms with van der Waals surface area (Å²) >= 11 is 0. The van der Waals surface area contributed by atoms with Crippen LogP contribution in [-0.2, 0) is 17.6 Å². The summed E-state index contributed by atoms with van der Waals surface area (Å²) < 4.78 is 0. The minimum absolute atomic E-state index is 0.171. The minimum Gasteiger partial charge on any atom is -0.480 e.